The summed E-state index contributed by atoms with van der Waals surface area (Å²) in [4.78, 5) is 29.4. The topological polar surface area (TPSA) is 64.1 Å². The van der Waals surface area contributed by atoms with Gasteiger partial charge in [-0.1, -0.05) is 6.07 Å². The summed E-state index contributed by atoms with van der Waals surface area (Å²) in [5.74, 6) is -0.539. The van der Waals surface area contributed by atoms with Gasteiger partial charge in [0.25, 0.3) is 0 Å². The number of carbonyl (C=O) groups is 2. The van der Waals surface area contributed by atoms with Gasteiger partial charge >= 0.3 is 6.18 Å². The van der Waals surface area contributed by atoms with Gasteiger partial charge < -0.3 is 19.8 Å². The Morgan fingerprint density at radius 2 is 1.96 bits per heavy atom. The molecule has 1 N–H and O–H groups in total. The number of halogens is 3. The SMILES string of the molecule is CN(C)C(=O)[C@H](CCO)N1CCN(c2cccc(C(F)(F)F)c2)CCC1=O. The average Bonchev–Trinajstić information content (AvgIpc) is 2.80. The number of aliphatic hydroxyl groups is 1. The molecule has 0 aromatic heterocycles. The minimum Gasteiger partial charge on any atom is -0.396 e. The highest BCUT2D eigenvalue weighted by atomic mass is 19.4. The highest BCUT2D eigenvalue weighted by Gasteiger charge is 2.34. The lowest BCUT2D eigenvalue weighted by Gasteiger charge is -2.31. The normalized spacial score (nSPS) is 16.9. The quantitative estimate of drug-likeness (QED) is 0.833. The van der Waals surface area contributed by atoms with Gasteiger partial charge in [-0.05, 0) is 24.6 Å². The van der Waals surface area contributed by atoms with E-state index in [2.05, 4.69) is 0 Å². The first-order valence-electron chi connectivity index (χ1n) is 8.69. The maximum atomic E-state index is 12.9. The number of anilines is 1. The Labute approximate surface area is 156 Å². The molecule has 0 aliphatic carbocycles. The monoisotopic (exact) mass is 387 g/mol. The molecular formula is C18H24F3N3O3. The Kier molecular flexibility index (Phi) is 6.69. The molecule has 0 saturated carbocycles. The molecule has 0 spiro atoms. The van der Waals surface area contributed by atoms with Crippen molar-refractivity contribution in [3.8, 4) is 0 Å². The summed E-state index contributed by atoms with van der Waals surface area (Å²) in [6.45, 7) is 0.513. The van der Waals surface area contributed by atoms with E-state index in [1.807, 2.05) is 0 Å². The van der Waals surface area contributed by atoms with Crippen LogP contribution in [0.1, 0.15) is 18.4 Å². The number of likely N-dealkylation sites (N-methyl/N-ethyl adjacent to an activating group) is 1. The van der Waals surface area contributed by atoms with Crippen LogP contribution in [0.4, 0.5) is 18.9 Å². The number of benzene rings is 1. The molecule has 1 aromatic carbocycles. The third-order valence-corrected chi connectivity index (χ3v) is 4.57. The molecule has 1 heterocycles. The number of rotatable bonds is 5. The van der Waals surface area contributed by atoms with Gasteiger partial charge in [-0.2, -0.15) is 13.2 Å². The number of nitrogens with zero attached hydrogens (tertiary/aromatic N) is 3. The van der Waals surface area contributed by atoms with Crippen LogP contribution in [0.2, 0.25) is 0 Å². The maximum Gasteiger partial charge on any atom is 0.416 e. The van der Waals surface area contributed by atoms with Crippen molar-refractivity contribution >= 4 is 17.5 Å². The molecule has 1 saturated heterocycles. The Bertz CT molecular complexity index is 679. The molecule has 1 aromatic rings. The Morgan fingerprint density at radius 1 is 1.26 bits per heavy atom. The van der Waals surface area contributed by atoms with E-state index in [0.29, 0.717) is 12.2 Å². The summed E-state index contributed by atoms with van der Waals surface area (Å²) in [5, 5.41) is 9.27. The van der Waals surface area contributed by atoms with E-state index in [1.54, 1.807) is 25.1 Å². The highest BCUT2D eigenvalue weighted by molar-refractivity contribution is 5.88. The van der Waals surface area contributed by atoms with Crippen LogP contribution in [0.25, 0.3) is 0 Å². The van der Waals surface area contributed by atoms with E-state index in [0.717, 1.165) is 12.1 Å². The molecule has 1 aliphatic rings. The highest BCUT2D eigenvalue weighted by Crippen LogP contribution is 2.32. The second-order valence-electron chi connectivity index (χ2n) is 6.63. The van der Waals surface area contributed by atoms with Gasteiger partial charge in [-0.25, -0.2) is 0 Å². The van der Waals surface area contributed by atoms with Crippen LogP contribution >= 0.6 is 0 Å². The number of amides is 2. The van der Waals surface area contributed by atoms with Crippen molar-refractivity contribution in [2.24, 2.45) is 0 Å². The van der Waals surface area contributed by atoms with Gasteiger partial charge in [-0.3, -0.25) is 9.59 Å². The van der Waals surface area contributed by atoms with Crippen LogP contribution in [-0.2, 0) is 15.8 Å². The molecule has 9 heteroatoms. The number of carbonyl (C=O) groups excluding carboxylic acids is 2. The van der Waals surface area contributed by atoms with Gasteiger partial charge in [-0.15, -0.1) is 0 Å². The van der Waals surface area contributed by atoms with Gasteiger partial charge in [0.05, 0.1) is 5.56 Å². The zero-order valence-electron chi connectivity index (χ0n) is 15.4. The van der Waals surface area contributed by atoms with E-state index >= 15 is 0 Å². The van der Waals surface area contributed by atoms with Crippen molar-refractivity contribution in [1.29, 1.82) is 0 Å². The molecule has 0 bridgehead atoms. The first-order chi connectivity index (χ1) is 12.6. The van der Waals surface area contributed by atoms with Crippen molar-refractivity contribution in [3.63, 3.8) is 0 Å². The second kappa shape index (κ2) is 8.60. The molecule has 0 radical (unpaired) electrons. The van der Waals surface area contributed by atoms with E-state index in [9.17, 15) is 27.9 Å². The van der Waals surface area contributed by atoms with Crippen molar-refractivity contribution in [2.45, 2.75) is 25.1 Å². The van der Waals surface area contributed by atoms with E-state index in [4.69, 9.17) is 0 Å². The lowest BCUT2D eigenvalue weighted by molar-refractivity contribution is -0.144. The minimum atomic E-state index is -4.44. The van der Waals surface area contributed by atoms with Crippen molar-refractivity contribution in [3.05, 3.63) is 29.8 Å². The van der Waals surface area contributed by atoms with Crippen LogP contribution in [0.15, 0.2) is 24.3 Å². The molecule has 150 valence electrons. The smallest absolute Gasteiger partial charge is 0.396 e. The predicted octanol–water partition coefficient (Wildman–Crippen LogP) is 1.58. The standard InChI is InChI=1S/C18H24F3N3O3/c1-22(2)17(27)15(7-11-25)24-10-9-23(8-6-16(24)26)14-5-3-4-13(12-14)18(19,20)21/h3-5,12,15,25H,6-11H2,1-2H3/t15-/m0/s1. The first-order valence-corrected chi connectivity index (χ1v) is 8.69. The van der Waals surface area contributed by atoms with E-state index in [-0.39, 0.29) is 44.4 Å². The third kappa shape index (κ3) is 5.12. The first kappa shape index (κ1) is 21.0. The second-order valence-corrected chi connectivity index (χ2v) is 6.63. The Morgan fingerprint density at radius 3 is 2.56 bits per heavy atom. The molecule has 6 nitrogen and oxygen atoms in total. The fourth-order valence-corrected chi connectivity index (χ4v) is 3.14. The fraction of sp³-hybridized carbons (Fsp3) is 0.556. The summed E-state index contributed by atoms with van der Waals surface area (Å²) in [5.41, 5.74) is -0.356. The zero-order chi connectivity index (χ0) is 20.2. The molecule has 2 rings (SSSR count). The summed E-state index contributed by atoms with van der Waals surface area (Å²) in [6, 6.07) is 4.21. The molecule has 2 amide bonds. The van der Waals surface area contributed by atoms with Crippen molar-refractivity contribution in [2.75, 3.05) is 45.2 Å². The van der Waals surface area contributed by atoms with Gasteiger partial charge in [0.15, 0.2) is 0 Å². The molecule has 1 aliphatic heterocycles. The number of hydrogen-bond donors (Lipinski definition) is 1. The van der Waals surface area contributed by atoms with Crippen molar-refractivity contribution in [1.82, 2.24) is 9.80 Å². The van der Waals surface area contributed by atoms with Gasteiger partial charge in [0.2, 0.25) is 11.8 Å². The molecular weight excluding hydrogens is 363 g/mol. The van der Waals surface area contributed by atoms with Crippen LogP contribution in [-0.4, -0.2) is 73.1 Å². The number of alkyl halides is 3. The van der Waals surface area contributed by atoms with E-state index in [1.165, 1.54) is 15.9 Å². The van der Waals surface area contributed by atoms with Gasteiger partial charge in [0, 0.05) is 52.4 Å². The lowest BCUT2D eigenvalue weighted by atomic mass is 10.1. The molecule has 0 unspecified atom stereocenters. The van der Waals surface area contributed by atoms with Crippen LogP contribution in [0.3, 0.4) is 0 Å². The zero-order valence-corrected chi connectivity index (χ0v) is 15.4. The minimum absolute atomic E-state index is 0.0822. The number of hydrogen-bond acceptors (Lipinski definition) is 4. The summed E-state index contributed by atoms with van der Waals surface area (Å²) >= 11 is 0. The summed E-state index contributed by atoms with van der Waals surface area (Å²) in [6.07, 6.45) is -4.24. The number of aliphatic hydroxyl groups excluding tert-OH is 1. The Hall–Kier alpha value is -2.29. The average molecular weight is 387 g/mol. The third-order valence-electron chi connectivity index (χ3n) is 4.57. The molecule has 27 heavy (non-hydrogen) atoms. The Balaban J connectivity index is 2.20. The predicted molar refractivity (Wildman–Crippen MR) is 94.2 cm³/mol. The maximum absolute atomic E-state index is 12.9. The summed E-state index contributed by atoms with van der Waals surface area (Å²) < 4.78 is 38.8. The molecule has 1 fully saturated rings. The fourth-order valence-electron chi connectivity index (χ4n) is 3.14. The van der Waals surface area contributed by atoms with Gasteiger partial charge in [0.1, 0.15) is 6.04 Å². The van der Waals surface area contributed by atoms with Crippen LogP contribution in [0, 0.1) is 0 Å². The molecule has 1 atom stereocenters. The van der Waals surface area contributed by atoms with E-state index < -0.39 is 17.8 Å². The summed E-state index contributed by atoms with van der Waals surface area (Å²) in [7, 11) is 3.15. The van der Waals surface area contributed by atoms with Crippen LogP contribution < -0.4 is 4.90 Å². The van der Waals surface area contributed by atoms with Crippen LogP contribution in [0.5, 0.6) is 0 Å². The lowest BCUT2D eigenvalue weighted by Crippen LogP contribution is -2.50. The largest absolute Gasteiger partial charge is 0.416 e. The van der Waals surface area contributed by atoms with Crippen molar-refractivity contribution < 1.29 is 27.9 Å².